The zero-order valence-corrected chi connectivity index (χ0v) is 16.9. The lowest BCUT2D eigenvalue weighted by molar-refractivity contribution is 0.101. The van der Waals surface area contributed by atoms with Gasteiger partial charge in [0.2, 0.25) is 5.43 Å². The standard InChI is InChI=1S/C22H22FN3O4/c1-4-29-15-10-11-20(30-5-2)17(13-15)24-22(28)21-19(27)12-14(3)26(25-21)18-9-7-6-8-16(18)23/h6-13H,4-5H2,1-3H3,(H,24,28). The second-order valence-electron chi connectivity index (χ2n) is 6.34. The van der Waals surface area contributed by atoms with Crippen LogP contribution in [0.25, 0.3) is 5.69 Å². The van der Waals surface area contributed by atoms with Crippen LogP contribution in [0.2, 0.25) is 0 Å². The van der Waals surface area contributed by atoms with Crippen LogP contribution >= 0.6 is 0 Å². The van der Waals surface area contributed by atoms with Gasteiger partial charge in [-0.15, -0.1) is 0 Å². The number of ether oxygens (including phenoxy) is 2. The number of halogens is 1. The van der Waals surface area contributed by atoms with Crippen molar-refractivity contribution >= 4 is 11.6 Å². The first kappa shape index (κ1) is 21.0. The molecule has 1 N–H and O–H groups in total. The molecule has 0 aliphatic carbocycles. The van der Waals surface area contributed by atoms with Crippen molar-refractivity contribution in [2.24, 2.45) is 0 Å². The van der Waals surface area contributed by atoms with E-state index in [1.165, 1.54) is 22.9 Å². The van der Waals surface area contributed by atoms with E-state index in [1.54, 1.807) is 37.3 Å². The maximum atomic E-state index is 14.2. The summed E-state index contributed by atoms with van der Waals surface area (Å²) in [4.78, 5) is 25.3. The second-order valence-corrected chi connectivity index (χ2v) is 6.34. The number of para-hydroxylation sites is 1. The highest BCUT2D eigenvalue weighted by molar-refractivity contribution is 6.03. The van der Waals surface area contributed by atoms with E-state index in [-0.39, 0.29) is 11.4 Å². The van der Waals surface area contributed by atoms with Crippen LogP contribution < -0.4 is 20.2 Å². The Bertz CT molecular complexity index is 1130. The number of aromatic nitrogens is 2. The molecule has 30 heavy (non-hydrogen) atoms. The Labute approximate surface area is 173 Å². The average molecular weight is 411 g/mol. The summed E-state index contributed by atoms with van der Waals surface area (Å²) in [6.45, 7) is 6.11. The number of hydrogen-bond donors (Lipinski definition) is 1. The van der Waals surface area contributed by atoms with Gasteiger partial charge in [0.15, 0.2) is 5.69 Å². The van der Waals surface area contributed by atoms with Crippen LogP contribution in [0.1, 0.15) is 30.0 Å². The summed E-state index contributed by atoms with van der Waals surface area (Å²) in [6, 6.07) is 12.2. The van der Waals surface area contributed by atoms with Crippen molar-refractivity contribution < 1.29 is 18.7 Å². The summed E-state index contributed by atoms with van der Waals surface area (Å²) >= 11 is 0. The molecule has 0 saturated carbocycles. The molecule has 8 heteroatoms. The summed E-state index contributed by atoms with van der Waals surface area (Å²) in [5.74, 6) is -0.293. The molecule has 2 aromatic carbocycles. The molecule has 1 aromatic heterocycles. The molecular weight excluding hydrogens is 389 g/mol. The Balaban J connectivity index is 2.00. The third kappa shape index (κ3) is 4.48. The predicted octanol–water partition coefficient (Wildman–Crippen LogP) is 3.73. The summed E-state index contributed by atoms with van der Waals surface area (Å²) in [5, 5.41) is 6.76. The van der Waals surface area contributed by atoms with Gasteiger partial charge >= 0.3 is 0 Å². The van der Waals surface area contributed by atoms with Gasteiger partial charge in [-0.3, -0.25) is 9.59 Å². The highest BCUT2D eigenvalue weighted by Gasteiger charge is 2.18. The largest absolute Gasteiger partial charge is 0.494 e. The molecule has 0 radical (unpaired) electrons. The Morgan fingerprint density at radius 2 is 1.83 bits per heavy atom. The molecule has 0 unspecified atom stereocenters. The van der Waals surface area contributed by atoms with Crippen molar-refractivity contribution in [3.8, 4) is 17.2 Å². The molecule has 0 spiro atoms. The van der Waals surface area contributed by atoms with E-state index >= 15 is 0 Å². The second kappa shape index (κ2) is 9.21. The smallest absolute Gasteiger partial charge is 0.280 e. The minimum atomic E-state index is -0.736. The minimum Gasteiger partial charge on any atom is -0.494 e. The van der Waals surface area contributed by atoms with Gasteiger partial charge in [0.25, 0.3) is 5.91 Å². The Morgan fingerprint density at radius 1 is 1.10 bits per heavy atom. The molecule has 0 atom stereocenters. The van der Waals surface area contributed by atoms with E-state index in [9.17, 15) is 14.0 Å². The van der Waals surface area contributed by atoms with Crippen LogP contribution in [-0.2, 0) is 0 Å². The third-order valence-electron chi connectivity index (χ3n) is 4.21. The number of benzene rings is 2. The Hall–Kier alpha value is -3.68. The predicted molar refractivity (Wildman–Crippen MR) is 111 cm³/mol. The van der Waals surface area contributed by atoms with Crippen LogP contribution in [0.5, 0.6) is 11.5 Å². The van der Waals surface area contributed by atoms with Gasteiger partial charge < -0.3 is 14.8 Å². The first-order valence-corrected chi connectivity index (χ1v) is 9.51. The molecule has 1 amide bonds. The SMILES string of the molecule is CCOc1ccc(OCC)c(NC(=O)c2nn(-c3ccccc3F)c(C)cc2=O)c1. The van der Waals surface area contributed by atoms with Crippen molar-refractivity contribution in [1.82, 2.24) is 9.78 Å². The molecule has 0 fully saturated rings. The molecule has 0 aliphatic rings. The Morgan fingerprint density at radius 3 is 2.53 bits per heavy atom. The van der Waals surface area contributed by atoms with Gasteiger partial charge in [-0.05, 0) is 45.0 Å². The maximum absolute atomic E-state index is 14.2. The van der Waals surface area contributed by atoms with Crippen molar-refractivity contribution in [2.75, 3.05) is 18.5 Å². The number of aryl methyl sites for hydroxylation is 1. The molecule has 3 rings (SSSR count). The van der Waals surface area contributed by atoms with Crippen LogP contribution in [0, 0.1) is 12.7 Å². The van der Waals surface area contributed by atoms with Crippen LogP contribution in [0.3, 0.4) is 0 Å². The van der Waals surface area contributed by atoms with E-state index in [4.69, 9.17) is 9.47 Å². The molecular formula is C22H22FN3O4. The average Bonchev–Trinajstić information content (AvgIpc) is 2.71. The quantitative estimate of drug-likeness (QED) is 0.641. The third-order valence-corrected chi connectivity index (χ3v) is 4.21. The number of rotatable bonds is 7. The first-order chi connectivity index (χ1) is 14.4. The lowest BCUT2D eigenvalue weighted by atomic mass is 10.2. The van der Waals surface area contributed by atoms with E-state index in [1.807, 2.05) is 13.8 Å². The van der Waals surface area contributed by atoms with Crippen molar-refractivity contribution in [3.63, 3.8) is 0 Å². The van der Waals surface area contributed by atoms with Crippen LogP contribution in [0.15, 0.2) is 53.3 Å². The van der Waals surface area contributed by atoms with E-state index in [0.29, 0.717) is 36.1 Å². The topological polar surface area (TPSA) is 82.4 Å². The first-order valence-electron chi connectivity index (χ1n) is 9.51. The van der Waals surface area contributed by atoms with E-state index in [0.717, 1.165) is 0 Å². The molecule has 1 heterocycles. The highest BCUT2D eigenvalue weighted by Crippen LogP contribution is 2.29. The number of carbonyl (C=O) groups excluding carboxylic acids is 1. The molecule has 156 valence electrons. The van der Waals surface area contributed by atoms with Gasteiger partial charge in [-0.1, -0.05) is 12.1 Å². The van der Waals surface area contributed by atoms with Gasteiger partial charge in [-0.25, -0.2) is 9.07 Å². The number of anilines is 1. The lowest BCUT2D eigenvalue weighted by Gasteiger charge is -2.14. The van der Waals surface area contributed by atoms with Crippen molar-refractivity contribution in [1.29, 1.82) is 0 Å². The van der Waals surface area contributed by atoms with E-state index < -0.39 is 17.2 Å². The summed E-state index contributed by atoms with van der Waals surface area (Å²) < 4.78 is 26.5. The Kier molecular flexibility index (Phi) is 6.46. The zero-order chi connectivity index (χ0) is 21.7. The molecule has 0 bridgehead atoms. The van der Waals surface area contributed by atoms with Crippen molar-refractivity contribution in [3.05, 3.63) is 76.0 Å². The molecule has 0 saturated heterocycles. The summed E-state index contributed by atoms with van der Waals surface area (Å²) in [5.41, 5.74) is -0.0657. The fourth-order valence-corrected chi connectivity index (χ4v) is 2.90. The fourth-order valence-electron chi connectivity index (χ4n) is 2.90. The fraction of sp³-hybridized carbons (Fsp3) is 0.227. The van der Waals surface area contributed by atoms with Crippen molar-refractivity contribution in [2.45, 2.75) is 20.8 Å². The van der Waals surface area contributed by atoms with Gasteiger partial charge in [-0.2, -0.15) is 5.10 Å². The number of carbonyl (C=O) groups is 1. The summed E-state index contributed by atoms with van der Waals surface area (Å²) in [7, 11) is 0. The number of hydrogen-bond acceptors (Lipinski definition) is 5. The molecule has 7 nitrogen and oxygen atoms in total. The van der Waals surface area contributed by atoms with Gasteiger partial charge in [0.05, 0.1) is 18.9 Å². The van der Waals surface area contributed by atoms with E-state index in [2.05, 4.69) is 10.4 Å². The number of nitrogens with one attached hydrogen (secondary N) is 1. The summed E-state index contributed by atoms with van der Waals surface area (Å²) in [6.07, 6.45) is 0. The van der Waals surface area contributed by atoms with Gasteiger partial charge in [0.1, 0.15) is 23.0 Å². The molecule has 0 aliphatic heterocycles. The minimum absolute atomic E-state index is 0.136. The maximum Gasteiger partial charge on any atom is 0.280 e. The normalized spacial score (nSPS) is 10.5. The lowest BCUT2D eigenvalue weighted by Crippen LogP contribution is -2.27. The monoisotopic (exact) mass is 411 g/mol. The highest BCUT2D eigenvalue weighted by atomic mass is 19.1. The van der Waals surface area contributed by atoms with Gasteiger partial charge in [0, 0.05) is 17.8 Å². The zero-order valence-electron chi connectivity index (χ0n) is 16.9. The van der Waals surface area contributed by atoms with Crippen LogP contribution in [0.4, 0.5) is 10.1 Å². The number of amides is 1. The number of nitrogens with zero attached hydrogens (tertiary/aromatic N) is 2. The van der Waals surface area contributed by atoms with Crippen LogP contribution in [-0.4, -0.2) is 28.9 Å². The molecule has 3 aromatic rings.